The number of imidazole rings is 1. The number of nitrogens with one attached hydrogen (secondary N) is 2. The van der Waals surface area contributed by atoms with Gasteiger partial charge in [0, 0.05) is 18.8 Å². The molecule has 0 spiro atoms. The molecular weight excluding hydrogens is 268 g/mol. The molecule has 2 unspecified atom stereocenters. The first-order valence-electron chi connectivity index (χ1n) is 6.82. The number of carbonyl (C=O) groups is 1. The normalized spacial score (nSPS) is 18.7. The second-order valence-corrected chi connectivity index (χ2v) is 4.91. The van der Waals surface area contributed by atoms with Gasteiger partial charge < -0.3 is 15.1 Å². The van der Waals surface area contributed by atoms with E-state index in [0.717, 1.165) is 11.3 Å². The van der Waals surface area contributed by atoms with Gasteiger partial charge in [-0.2, -0.15) is 0 Å². The Morgan fingerprint density at radius 2 is 2.24 bits per heavy atom. The van der Waals surface area contributed by atoms with Crippen LogP contribution in [0.3, 0.4) is 0 Å². The fourth-order valence-corrected chi connectivity index (χ4v) is 2.21. The summed E-state index contributed by atoms with van der Waals surface area (Å²) >= 11 is 0. The average molecular weight is 284 g/mol. The molecule has 108 valence electrons. The van der Waals surface area contributed by atoms with Gasteiger partial charge >= 0.3 is 0 Å². The van der Waals surface area contributed by atoms with E-state index in [1.807, 2.05) is 37.3 Å². The Bertz CT molecular complexity index is 637. The number of benzene rings is 1. The third-order valence-electron chi connectivity index (χ3n) is 3.36. The van der Waals surface area contributed by atoms with Crippen LogP contribution in [0.4, 0.5) is 0 Å². The van der Waals surface area contributed by atoms with Gasteiger partial charge in [0.05, 0.1) is 11.8 Å². The Kier molecular flexibility index (Phi) is 3.68. The molecule has 0 bridgehead atoms. The molecule has 0 radical (unpaired) electrons. The summed E-state index contributed by atoms with van der Waals surface area (Å²) in [7, 11) is 0. The summed E-state index contributed by atoms with van der Waals surface area (Å²) in [5.41, 5.74) is 1.77. The van der Waals surface area contributed by atoms with Crippen LogP contribution >= 0.6 is 0 Å². The summed E-state index contributed by atoms with van der Waals surface area (Å²) in [5.74, 6) is 0.527. The van der Waals surface area contributed by atoms with Gasteiger partial charge in [-0.3, -0.25) is 4.79 Å². The predicted octanol–water partition coefficient (Wildman–Crippen LogP) is 1.78. The van der Waals surface area contributed by atoms with Crippen LogP contribution in [0.1, 0.15) is 30.8 Å². The Balaban J connectivity index is 1.59. The van der Waals surface area contributed by atoms with Crippen molar-refractivity contribution in [2.75, 3.05) is 0 Å². The fraction of sp³-hybridized carbons (Fsp3) is 0.267. The van der Waals surface area contributed by atoms with E-state index in [-0.39, 0.29) is 11.9 Å². The molecular formula is C15H16N4O2. The molecule has 1 amide bonds. The minimum absolute atomic E-state index is 0.186. The summed E-state index contributed by atoms with van der Waals surface area (Å²) in [5, 5.41) is 6.88. The molecule has 0 saturated heterocycles. The molecule has 2 heterocycles. The fourth-order valence-electron chi connectivity index (χ4n) is 2.21. The van der Waals surface area contributed by atoms with E-state index in [0.29, 0.717) is 12.2 Å². The Morgan fingerprint density at radius 3 is 2.95 bits per heavy atom. The van der Waals surface area contributed by atoms with Gasteiger partial charge in [-0.05, 0) is 12.5 Å². The van der Waals surface area contributed by atoms with Crippen LogP contribution in [-0.2, 0) is 9.63 Å². The van der Waals surface area contributed by atoms with E-state index in [2.05, 4.69) is 20.4 Å². The zero-order valence-electron chi connectivity index (χ0n) is 11.6. The summed E-state index contributed by atoms with van der Waals surface area (Å²) < 4.78 is 0. The summed E-state index contributed by atoms with van der Waals surface area (Å²) in [6, 6.07) is 9.52. The van der Waals surface area contributed by atoms with Crippen molar-refractivity contribution in [3.8, 4) is 0 Å². The molecule has 3 rings (SSSR count). The lowest BCUT2D eigenvalue weighted by Crippen LogP contribution is -2.36. The number of oxime groups is 1. The van der Waals surface area contributed by atoms with Crippen LogP contribution in [0.5, 0.6) is 0 Å². The van der Waals surface area contributed by atoms with E-state index in [1.54, 1.807) is 12.4 Å². The third-order valence-corrected chi connectivity index (χ3v) is 3.36. The number of amides is 1. The van der Waals surface area contributed by atoms with Crippen molar-refractivity contribution in [2.24, 2.45) is 5.16 Å². The van der Waals surface area contributed by atoms with Crippen molar-refractivity contribution in [1.29, 1.82) is 0 Å². The predicted molar refractivity (Wildman–Crippen MR) is 77.6 cm³/mol. The second-order valence-electron chi connectivity index (χ2n) is 4.91. The number of rotatable bonds is 4. The molecule has 1 aromatic heterocycles. The molecule has 1 aliphatic heterocycles. The standard InChI is InChI=1S/C15H16N4O2/c1-10(14-16-7-8-17-14)18-15(20)13-9-12(19-21-13)11-5-3-2-4-6-11/h2-8,10,13H,9H2,1H3,(H,16,17)(H,18,20). The van der Waals surface area contributed by atoms with E-state index in [4.69, 9.17) is 4.84 Å². The van der Waals surface area contributed by atoms with Crippen molar-refractivity contribution in [3.05, 3.63) is 54.1 Å². The zero-order chi connectivity index (χ0) is 14.7. The molecule has 1 aliphatic rings. The number of H-pyrrole nitrogens is 1. The highest BCUT2D eigenvalue weighted by Crippen LogP contribution is 2.17. The van der Waals surface area contributed by atoms with E-state index in [9.17, 15) is 4.79 Å². The van der Waals surface area contributed by atoms with Gasteiger partial charge in [0.2, 0.25) is 6.10 Å². The third kappa shape index (κ3) is 2.94. The lowest BCUT2D eigenvalue weighted by atomic mass is 10.0. The maximum Gasteiger partial charge on any atom is 0.264 e. The Morgan fingerprint density at radius 1 is 1.43 bits per heavy atom. The van der Waals surface area contributed by atoms with Gasteiger partial charge in [0.1, 0.15) is 5.82 Å². The van der Waals surface area contributed by atoms with Crippen LogP contribution in [-0.4, -0.2) is 27.7 Å². The summed E-state index contributed by atoms with van der Waals surface area (Å²) in [6.45, 7) is 1.87. The zero-order valence-corrected chi connectivity index (χ0v) is 11.6. The van der Waals surface area contributed by atoms with Gasteiger partial charge in [0.25, 0.3) is 5.91 Å². The number of hydrogen-bond acceptors (Lipinski definition) is 4. The molecule has 6 heteroatoms. The number of hydrogen-bond donors (Lipinski definition) is 2. The van der Waals surface area contributed by atoms with Crippen molar-refractivity contribution >= 4 is 11.6 Å². The molecule has 0 fully saturated rings. The van der Waals surface area contributed by atoms with Crippen LogP contribution in [0.25, 0.3) is 0 Å². The largest absolute Gasteiger partial charge is 0.382 e. The minimum Gasteiger partial charge on any atom is -0.382 e. The maximum absolute atomic E-state index is 12.2. The van der Waals surface area contributed by atoms with Gasteiger partial charge in [-0.25, -0.2) is 4.98 Å². The monoisotopic (exact) mass is 284 g/mol. The second kappa shape index (κ2) is 5.78. The smallest absolute Gasteiger partial charge is 0.264 e. The van der Waals surface area contributed by atoms with E-state index in [1.165, 1.54) is 0 Å². The van der Waals surface area contributed by atoms with Crippen LogP contribution in [0.15, 0.2) is 47.9 Å². The van der Waals surface area contributed by atoms with Crippen LogP contribution in [0, 0.1) is 0 Å². The van der Waals surface area contributed by atoms with Crippen LogP contribution in [0.2, 0.25) is 0 Å². The minimum atomic E-state index is -0.586. The molecule has 2 N–H and O–H groups in total. The number of carbonyl (C=O) groups excluding carboxylic acids is 1. The average Bonchev–Trinajstić information content (AvgIpc) is 3.20. The molecule has 21 heavy (non-hydrogen) atoms. The van der Waals surface area contributed by atoms with Crippen molar-refractivity contribution in [1.82, 2.24) is 15.3 Å². The number of aromatic amines is 1. The first kappa shape index (κ1) is 13.4. The first-order chi connectivity index (χ1) is 10.2. The highest BCUT2D eigenvalue weighted by atomic mass is 16.6. The molecule has 1 aromatic carbocycles. The number of nitrogens with zero attached hydrogens (tertiary/aromatic N) is 2. The van der Waals surface area contributed by atoms with Gasteiger partial charge in [-0.1, -0.05) is 35.5 Å². The summed E-state index contributed by atoms with van der Waals surface area (Å²) in [6.07, 6.45) is 3.26. The van der Waals surface area contributed by atoms with Gasteiger partial charge in [0.15, 0.2) is 0 Å². The maximum atomic E-state index is 12.2. The lowest BCUT2D eigenvalue weighted by molar-refractivity contribution is -0.131. The van der Waals surface area contributed by atoms with Crippen molar-refractivity contribution in [3.63, 3.8) is 0 Å². The molecule has 6 nitrogen and oxygen atoms in total. The van der Waals surface area contributed by atoms with E-state index < -0.39 is 6.10 Å². The molecule has 0 saturated carbocycles. The quantitative estimate of drug-likeness (QED) is 0.898. The summed E-state index contributed by atoms with van der Waals surface area (Å²) in [4.78, 5) is 24.5. The molecule has 2 aromatic rings. The molecule has 2 atom stereocenters. The highest BCUT2D eigenvalue weighted by molar-refractivity contribution is 6.04. The van der Waals surface area contributed by atoms with Crippen LogP contribution < -0.4 is 5.32 Å². The lowest BCUT2D eigenvalue weighted by Gasteiger charge is -2.14. The van der Waals surface area contributed by atoms with Gasteiger partial charge in [-0.15, -0.1) is 0 Å². The first-order valence-corrected chi connectivity index (χ1v) is 6.82. The number of aromatic nitrogens is 2. The van der Waals surface area contributed by atoms with E-state index >= 15 is 0 Å². The van der Waals surface area contributed by atoms with Crippen molar-refractivity contribution in [2.45, 2.75) is 25.5 Å². The highest BCUT2D eigenvalue weighted by Gasteiger charge is 2.29. The topological polar surface area (TPSA) is 79.4 Å². The Hall–Kier alpha value is -2.63. The molecule has 0 aliphatic carbocycles. The Labute approximate surface area is 122 Å². The van der Waals surface area contributed by atoms with Crippen molar-refractivity contribution < 1.29 is 9.63 Å². The SMILES string of the molecule is CC(NC(=O)C1CC(c2ccccc2)=NO1)c1ncc[nH]1.